The summed E-state index contributed by atoms with van der Waals surface area (Å²) in [5, 5.41) is 0.338. The van der Waals surface area contributed by atoms with Gasteiger partial charge >= 0.3 is 12.1 Å². The SMILES string of the molecule is C=CCOc1ccccc1/C=c1/sc2n(c1=O)[C@@H](c1ccc(Cl)cc1)C(C(=O)OCC)=C(C(F)(F)F)N=2. The predicted molar refractivity (Wildman–Crippen MR) is 134 cm³/mol. The van der Waals surface area contributed by atoms with Gasteiger partial charge in [0.1, 0.15) is 12.4 Å². The number of hydrogen-bond acceptors (Lipinski definition) is 6. The molecule has 4 rings (SSSR count). The van der Waals surface area contributed by atoms with E-state index in [1.807, 2.05) is 0 Å². The quantitative estimate of drug-likeness (QED) is 0.321. The number of allylic oxidation sites excluding steroid dienone is 1. The number of alkyl halides is 3. The number of para-hydroxylation sites is 1. The molecular weight excluding hydrogens is 529 g/mol. The molecule has 0 fully saturated rings. The predicted octanol–water partition coefficient (Wildman–Crippen LogP) is 4.56. The summed E-state index contributed by atoms with van der Waals surface area (Å²) in [5.41, 5.74) is -2.02. The molecule has 0 N–H and O–H groups in total. The van der Waals surface area contributed by atoms with Crippen molar-refractivity contribution in [1.29, 1.82) is 0 Å². The molecule has 37 heavy (non-hydrogen) atoms. The minimum Gasteiger partial charge on any atom is -0.489 e. The van der Waals surface area contributed by atoms with Crippen LogP contribution in [0, 0.1) is 0 Å². The third-order valence-corrected chi connectivity index (χ3v) is 6.58. The molecule has 0 saturated carbocycles. The van der Waals surface area contributed by atoms with Gasteiger partial charge in [-0.25, -0.2) is 9.79 Å². The van der Waals surface area contributed by atoms with Gasteiger partial charge in [0.2, 0.25) is 0 Å². The number of carbonyl (C=O) groups excluding carboxylic acids is 1. The maximum Gasteiger partial charge on any atom is 0.434 e. The van der Waals surface area contributed by atoms with Gasteiger partial charge in [0.05, 0.1) is 22.8 Å². The highest BCUT2D eigenvalue weighted by atomic mass is 35.5. The van der Waals surface area contributed by atoms with Crippen molar-refractivity contribution in [1.82, 2.24) is 4.57 Å². The largest absolute Gasteiger partial charge is 0.489 e. The molecule has 2 aromatic carbocycles. The number of esters is 1. The zero-order valence-electron chi connectivity index (χ0n) is 19.4. The van der Waals surface area contributed by atoms with Gasteiger partial charge in [-0.3, -0.25) is 9.36 Å². The van der Waals surface area contributed by atoms with Crippen molar-refractivity contribution in [3.05, 3.63) is 108 Å². The highest BCUT2D eigenvalue weighted by molar-refractivity contribution is 7.07. The van der Waals surface area contributed by atoms with Crippen molar-refractivity contribution in [2.75, 3.05) is 13.2 Å². The maximum absolute atomic E-state index is 14.2. The number of fused-ring (bicyclic) bond motifs is 1. The number of halogens is 4. The fourth-order valence-corrected chi connectivity index (χ4v) is 4.94. The highest BCUT2D eigenvalue weighted by Gasteiger charge is 2.45. The van der Waals surface area contributed by atoms with Crippen molar-refractivity contribution in [2.24, 2.45) is 4.99 Å². The average Bonchev–Trinajstić information content (AvgIpc) is 3.17. The first-order valence-electron chi connectivity index (χ1n) is 11.0. The minimum atomic E-state index is -4.98. The number of carbonyl (C=O) groups is 1. The lowest BCUT2D eigenvalue weighted by Gasteiger charge is -2.26. The second kappa shape index (κ2) is 10.8. The third kappa shape index (κ3) is 5.40. The van der Waals surface area contributed by atoms with Crippen LogP contribution in [0.4, 0.5) is 13.2 Å². The Kier molecular flexibility index (Phi) is 7.70. The molecule has 0 spiro atoms. The zero-order valence-corrected chi connectivity index (χ0v) is 21.0. The minimum absolute atomic E-state index is 0.110. The molecular formula is C26H20ClF3N2O4S. The molecule has 1 aromatic heterocycles. The lowest BCUT2D eigenvalue weighted by molar-refractivity contribution is -0.140. The smallest absolute Gasteiger partial charge is 0.434 e. The molecule has 0 unspecified atom stereocenters. The Hall–Kier alpha value is -3.63. The van der Waals surface area contributed by atoms with E-state index in [0.717, 1.165) is 15.9 Å². The molecule has 3 aromatic rings. The van der Waals surface area contributed by atoms with E-state index in [2.05, 4.69) is 11.6 Å². The first-order valence-corrected chi connectivity index (χ1v) is 12.2. The standard InChI is InChI=1S/C26H20ClF3N2O4S/c1-3-13-36-18-8-6-5-7-16(18)14-19-23(33)32-21(15-9-11-17(27)12-10-15)20(24(34)35-4-2)22(26(28,29)30)31-25(32)37-19/h3,5-12,14,21H,1,4,13H2,2H3/b19-14+/t21-/m0/s1. The monoisotopic (exact) mass is 548 g/mol. The van der Waals surface area contributed by atoms with Crippen LogP contribution in [0.25, 0.3) is 6.08 Å². The van der Waals surface area contributed by atoms with Crippen molar-refractivity contribution < 1.29 is 27.4 Å². The Morgan fingerprint density at radius 3 is 2.57 bits per heavy atom. The van der Waals surface area contributed by atoms with Gasteiger partial charge in [0.25, 0.3) is 5.56 Å². The number of hydrogen-bond donors (Lipinski definition) is 0. The van der Waals surface area contributed by atoms with E-state index in [4.69, 9.17) is 21.1 Å². The van der Waals surface area contributed by atoms with Crippen molar-refractivity contribution in [3.63, 3.8) is 0 Å². The number of nitrogens with zero attached hydrogens (tertiary/aromatic N) is 2. The van der Waals surface area contributed by atoms with Gasteiger partial charge in [-0.2, -0.15) is 13.2 Å². The molecule has 0 radical (unpaired) electrons. The van der Waals surface area contributed by atoms with Gasteiger partial charge in [0.15, 0.2) is 10.5 Å². The molecule has 6 nitrogen and oxygen atoms in total. The summed E-state index contributed by atoms with van der Waals surface area (Å²) in [6.07, 6.45) is -1.90. The van der Waals surface area contributed by atoms with E-state index < -0.39 is 35.0 Å². The fraction of sp³-hybridized carbons (Fsp3) is 0.192. The normalized spacial score (nSPS) is 15.7. The molecule has 1 atom stereocenters. The van der Waals surface area contributed by atoms with Crippen LogP contribution >= 0.6 is 22.9 Å². The van der Waals surface area contributed by atoms with Crippen LogP contribution in [0.3, 0.4) is 0 Å². The van der Waals surface area contributed by atoms with Crippen molar-refractivity contribution >= 4 is 35.0 Å². The van der Waals surface area contributed by atoms with Gasteiger partial charge < -0.3 is 9.47 Å². The zero-order chi connectivity index (χ0) is 26.7. The molecule has 0 aliphatic carbocycles. The number of rotatable bonds is 7. The van der Waals surface area contributed by atoms with E-state index in [1.54, 1.807) is 30.3 Å². The second-order valence-corrected chi connectivity index (χ2v) is 9.20. The lowest BCUT2D eigenvalue weighted by atomic mass is 9.95. The summed E-state index contributed by atoms with van der Waals surface area (Å²) in [5.74, 6) is -0.748. The molecule has 1 aliphatic rings. The molecule has 11 heteroatoms. The molecule has 2 heterocycles. The first-order chi connectivity index (χ1) is 17.7. The number of aromatic nitrogens is 1. The third-order valence-electron chi connectivity index (χ3n) is 5.34. The van der Waals surface area contributed by atoms with E-state index in [9.17, 15) is 22.8 Å². The Morgan fingerprint density at radius 2 is 1.92 bits per heavy atom. The van der Waals surface area contributed by atoms with Crippen molar-refractivity contribution in [3.8, 4) is 5.75 Å². The van der Waals surface area contributed by atoms with Crippen LogP contribution in [0.2, 0.25) is 5.02 Å². The molecule has 0 saturated heterocycles. The van der Waals surface area contributed by atoms with E-state index in [-0.39, 0.29) is 28.1 Å². The maximum atomic E-state index is 14.2. The molecule has 192 valence electrons. The summed E-state index contributed by atoms with van der Waals surface area (Å²) in [7, 11) is 0. The number of thiazole rings is 1. The Bertz CT molecular complexity index is 1560. The number of benzene rings is 2. The summed E-state index contributed by atoms with van der Waals surface area (Å²) in [6.45, 7) is 5.15. The molecule has 1 aliphatic heterocycles. The molecule has 0 amide bonds. The Labute approximate surface area is 218 Å². The van der Waals surface area contributed by atoms with Crippen LogP contribution in [-0.4, -0.2) is 29.9 Å². The van der Waals surface area contributed by atoms with E-state index in [0.29, 0.717) is 16.3 Å². The van der Waals surface area contributed by atoms with E-state index in [1.165, 1.54) is 37.3 Å². The topological polar surface area (TPSA) is 69.9 Å². The summed E-state index contributed by atoms with van der Waals surface area (Å²) < 4.78 is 54.3. The Morgan fingerprint density at radius 1 is 1.22 bits per heavy atom. The van der Waals surface area contributed by atoms with Gasteiger partial charge in [0, 0.05) is 10.6 Å². The van der Waals surface area contributed by atoms with Crippen LogP contribution in [0.15, 0.2) is 82.2 Å². The van der Waals surface area contributed by atoms with Gasteiger partial charge in [-0.05, 0) is 36.8 Å². The van der Waals surface area contributed by atoms with Crippen LogP contribution in [-0.2, 0) is 9.53 Å². The second-order valence-electron chi connectivity index (χ2n) is 7.75. The van der Waals surface area contributed by atoms with Crippen LogP contribution in [0.5, 0.6) is 5.75 Å². The van der Waals surface area contributed by atoms with Gasteiger partial charge in [-0.15, -0.1) is 0 Å². The fourth-order valence-electron chi connectivity index (χ4n) is 3.82. The van der Waals surface area contributed by atoms with Gasteiger partial charge in [-0.1, -0.05) is 65.9 Å². The van der Waals surface area contributed by atoms with Crippen LogP contribution in [0.1, 0.15) is 24.1 Å². The van der Waals surface area contributed by atoms with Crippen molar-refractivity contribution in [2.45, 2.75) is 19.1 Å². The lowest BCUT2D eigenvalue weighted by Crippen LogP contribution is -2.41. The number of ether oxygens (including phenoxy) is 2. The average molecular weight is 549 g/mol. The summed E-state index contributed by atoms with van der Waals surface area (Å²) in [4.78, 5) is 30.0. The van der Waals surface area contributed by atoms with Crippen LogP contribution < -0.4 is 19.6 Å². The first kappa shape index (κ1) is 26.4. The highest BCUT2D eigenvalue weighted by Crippen LogP contribution is 2.38. The molecule has 0 bridgehead atoms. The summed E-state index contributed by atoms with van der Waals surface area (Å²) >= 11 is 6.76. The van der Waals surface area contributed by atoms with E-state index >= 15 is 0 Å². The Balaban J connectivity index is 2.02. The summed E-state index contributed by atoms with van der Waals surface area (Å²) in [6, 6.07) is 11.3.